The predicted molar refractivity (Wildman–Crippen MR) is 34.6 cm³/mol. The lowest BCUT2D eigenvalue weighted by Gasteiger charge is -1.72. The molecule has 0 aliphatic heterocycles. The Hall–Kier alpha value is -0.620. The van der Waals surface area contributed by atoms with Crippen LogP contribution in [0, 0.1) is 11.2 Å². The molecule has 0 spiro atoms. The van der Waals surface area contributed by atoms with Crippen molar-refractivity contribution in [1.82, 2.24) is 0 Å². The minimum absolute atomic E-state index is 0.0781. The number of carboxylic acids is 1. The molecule has 0 unspecified atom stereocenters. The molecule has 0 aromatic heterocycles. The van der Waals surface area contributed by atoms with E-state index >= 15 is 0 Å². The van der Waals surface area contributed by atoms with Gasteiger partial charge in [-0.2, -0.15) is 0 Å². The predicted octanol–water partition coefficient (Wildman–Crippen LogP) is -0.0902. The summed E-state index contributed by atoms with van der Waals surface area (Å²) in [5.74, 6) is 0.974. The van der Waals surface area contributed by atoms with E-state index in [4.69, 9.17) is 5.11 Å². The first-order valence-electron chi connectivity index (χ1n) is 1.95. The standard InChI is InChI=1S/C5H6O2S/c1-8(2)4-3-5(6)7/h1-2H3/p+1. The topological polar surface area (TPSA) is 37.3 Å². The summed E-state index contributed by atoms with van der Waals surface area (Å²) in [6, 6.07) is 0. The Morgan fingerprint density at radius 1 is 1.62 bits per heavy atom. The van der Waals surface area contributed by atoms with Gasteiger partial charge in [-0.1, -0.05) is 0 Å². The lowest BCUT2D eigenvalue weighted by molar-refractivity contribution is -0.130. The van der Waals surface area contributed by atoms with Gasteiger partial charge in [0.25, 0.3) is 0 Å². The lowest BCUT2D eigenvalue weighted by atomic mass is 10.7. The molecule has 0 aromatic carbocycles. The van der Waals surface area contributed by atoms with Gasteiger partial charge in [-0.3, -0.25) is 0 Å². The van der Waals surface area contributed by atoms with Crippen LogP contribution in [0.15, 0.2) is 0 Å². The summed E-state index contributed by atoms with van der Waals surface area (Å²) in [4.78, 5) is 9.73. The molecule has 0 aromatic rings. The first kappa shape index (κ1) is 7.38. The third-order valence-corrected chi connectivity index (χ3v) is 0.872. The van der Waals surface area contributed by atoms with Crippen molar-refractivity contribution in [3.05, 3.63) is 0 Å². The second-order valence-corrected chi connectivity index (χ2v) is 3.19. The molecule has 2 nitrogen and oxygen atoms in total. The van der Waals surface area contributed by atoms with Gasteiger partial charge < -0.3 is 5.11 Å². The van der Waals surface area contributed by atoms with Crippen molar-refractivity contribution in [2.24, 2.45) is 0 Å². The van der Waals surface area contributed by atoms with Crippen LogP contribution in [0.1, 0.15) is 0 Å². The Morgan fingerprint density at radius 3 is 2.25 bits per heavy atom. The fourth-order valence-electron chi connectivity index (χ4n) is 0.146. The molecule has 0 heterocycles. The van der Waals surface area contributed by atoms with Crippen LogP contribution in [-0.4, -0.2) is 23.6 Å². The van der Waals surface area contributed by atoms with E-state index in [2.05, 4.69) is 5.25 Å². The largest absolute Gasteiger partial charge is 0.472 e. The Morgan fingerprint density at radius 2 is 2.12 bits per heavy atom. The summed E-state index contributed by atoms with van der Waals surface area (Å²) in [7, 11) is -0.0781. The number of aliphatic carboxylic acids is 1. The highest BCUT2D eigenvalue weighted by Crippen LogP contribution is 1.75. The molecule has 0 bridgehead atoms. The zero-order valence-corrected chi connectivity index (χ0v) is 5.58. The average molecular weight is 131 g/mol. The van der Waals surface area contributed by atoms with E-state index in [-0.39, 0.29) is 10.9 Å². The first-order chi connectivity index (χ1) is 3.63. The summed E-state index contributed by atoms with van der Waals surface area (Å²) < 4.78 is 0. The van der Waals surface area contributed by atoms with Crippen LogP contribution in [0.3, 0.4) is 0 Å². The number of carbonyl (C=O) groups is 1. The summed E-state index contributed by atoms with van der Waals surface area (Å²) in [5, 5.41) is 10.5. The van der Waals surface area contributed by atoms with Crippen molar-refractivity contribution in [1.29, 1.82) is 0 Å². The molecule has 44 valence electrons. The number of hydrogen-bond acceptors (Lipinski definition) is 1. The Balaban J connectivity index is 3.68. The summed E-state index contributed by atoms with van der Waals surface area (Å²) in [5.41, 5.74) is 0. The molecule has 0 radical (unpaired) electrons. The Labute approximate surface area is 51.2 Å². The maximum Gasteiger partial charge on any atom is 0.386 e. The van der Waals surface area contributed by atoms with Crippen molar-refractivity contribution < 1.29 is 9.90 Å². The number of rotatable bonds is 0. The van der Waals surface area contributed by atoms with Crippen LogP contribution in [-0.2, 0) is 15.7 Å². The number of carboxylic acid groups (broad SMARTS) is 1. The zero-order valence-electron chi connectivity index (χ0n) is 4.76. The third kappa shape index (κ3) is 5.38. The van der Waals surface area contributed by atoms with Gasteiger partial charge in [-0.25, -0.2) is 4.79 Å². The lowest BCUT2D eigenvalue weighted by Crippen LogP contribution is -1.92. The van der Waals surface area contributed by atoms with E-state index in [9.17, 15) is 4.79 Å². The van der Waals surface area contributed by atoms with Crippen molar-refractivity contribution >= 4 is 16.9 Å². The normalized spacial score (nSPS) is 7.88. The molecule has 0 atom stereocenters. The molecule has 8 heavy (non-hydrogen) atoms. The van der Waals surface area contributed by atoms with Gasteiger partial charge in [0.1, 0.15) is 12.5 Å². The van der Waals surface area contributed by atoms with E-state index in [0.717, 1.165) is 0 Å². The van der Waals surface area contributed by atoms with Gasteiger partial charge in [0.15, 0.2) is 5.25 Å². The van der Waals surface area contributed by atoms with Gasteiger partial charge in [-0.15, -0.1) is 0 Å². The molecule has 0 amide bonds. The van der Waals surface area contributed by atoms with Crippen LogP contribution in [0.4, 0.5) is 0 Å². The second-order valence-electron chi connectivity index (χ2n) is 1.35. The van der Waals surface area contributed by atoms with Crippen molar-refractivity contribution in [2.75, 3.05) is 12.5 Å². The molecular weight excluding hydrogens is 124 g/mol. The molecule has 0 saturated heterocycles. The average Bonchev–Trinajstić information content (AvgIpc) is 1.61. The highest BCUT2D eigenvalue weighted by atomic mass is 32.2. The van der Waals surface area contributed by atoms with E-state index in [1.165, 1.54) is 0 Å². The maximum absolute atomic E-state index is 9.73. The second kappa shape index (κ2) is 3.39. The number of hydrogen-bond donors (Lipinski definition) is 1. The van der Waals surface area contributed by atoms with Gasteiger partial charge in [-0.05, 0) is 0 Å². The smallest absolute Gasteiger partial charge is 0.386 e. The quantitative estimate of drug-likeness (QED) is 0.368. The molecule has 0 rings (SSSR count). The zero-order chi connectivity index (χ0) is 6.57. The van der Waals surface area contributed by atoms with Crippen LogP contribution in [0.5, 0.6) is 0 Å². The molecule has 0 saturated carbocycles. The van der Waals surface area contributed by atoms with Gasteiger partial charge in [0.2, 0.25) is 0 Å². The van der Waals surface area contributed by atoms with Crippen LogP contribution >= 0.6 is 0 Å². The molecular formula is C5H7O2S+. The monoisotopic (exact) mass is 131 g/mol. The van der Waals surface area contributed by atoms with Crippen LogP contribution < -0.4 is 0 Å². The van der Waals surface area contributed by atoms with Crippen molar-refractivity contribution in [3.8, 4) is 11.2 Å². The van der Waals surface area contributed by atoms with Gasteiger partial charge >= 0.3 is 5.97 Å². The summed E-state index contributed by atoms with van der Waals surface area (Å²) in [6.45, 7) is 0. The van der Waals surface area contributed by atoms with Gasteiger partial charge in [0.05, 0.1) is 16.8 Å². The highest BCUT2D eigenvalue weighted by molar-refractivity contribution is 8.00. The van der Waals surface area contributed by atoms with Crippen LogP contribution in [0.25, 0.3) is 0 Å². The molecule has 1 N–H and O–H groups in total. The minimum Gasteiger partial charge on any atom is -0.472 e. The van der Waals surface area contributed by atoms with Crippen molar-refractivity contribution in [2.45, 2.75) is 0 Å². The van der Waals surface area contributed by atoms with Gasteiger partial charge in [0, 0.05) is 0 Å². The maximum atomic E-state index is 9.73. The Kier molecular flexibility index (Phi) is 3.13. The van der Waals surface area contributed by atoms with E-state index < -0.39 is 5.97 Å². The summed E-state index contributed by atoms with van der Waals surface area (Å²) in [6.07, 6.45) is 3.74. The van der Waals surface area contributed by atoms with E-state index in [1.54, 1.807) is 0 Å². The van der Waals surface area contributed by atoms with Crippen molar-refractivity contribution in [3.63, 3.8) is 0 Å². The fourth-order valence-corrected chi connectivity index (χ4v) is 0.437. The third-order valence-electron chi connectivity index (χ3n) is 0.362. The first-order valence-corrected chi connectivity index (χ1v) is 3.99. The summed E-state index contributed by atoms with van der Waals surface area (Å²) >= 11 is 0. The molecule has 0 aliphatic carbocycles. The molecule has 3 heteroatoms. The molecule has 0 aliphatic rings. The Bertz CT molecular complexity index is 140. The van der Waals surface area contributed by atoms with Crippen LogP contribution in [0.2, 0.25) is 0 Å². The highest BCUT2D eigenvalue weighted by Gasteiger charge is 1.93. The van der Waals surface area contributed by atoms with E-state index in [1.807, 2.05) is 18.4 Å². The van der Waals surface area contributed by atoms with E-state index in [0.29, 0.717) is 0 Å². The minimum atomic E-state index is -1.05. The fraction of sp³-hybridized carbons (Fsp3) is 0.400. The SMILES string of the molecule is C[S+](C)C#CC(=O)O. The molecule has 0 fully saturated rings.